The number of esters is 1. The van der Waals surface area contributed by atoms with Crippen LogP contribution in [0.2, 0.25) is 0 Å². The van der Waals surface area contributed by atoms with Gasteiger partial charge in [-0.25, -0.2) is 0 Å². The molecule has 0 spiro atoms. The molecule has 1 rings (SSSR count). The van der Waals surface area contributed by atoms with E-state index in [-0.39, 0.29) is 6.42 Å². The van der Waals surface area contributed by atoms with Crippen LogP contribution in [0.4, 0.5) is 0 Å². The van der Waals surface area contributed by atoms with Crippen LogP contribution in [-0.4, -0.2) is 58.5 Å². The Bertz CT molecular complexity index is 393. The van der Waals surface area contributed by atoms with E-state index >= 15 is 0 Å². The van der Waals surface area contributed by atoms with Gasteiger partial charge in [0.05, 0.1) is 12.6 Å². The Labute approximate surface area is 163 Å². The van der Waals surface area contributed by atoms with Crippen LogP contribution in [0.15, 0.2) is 0 Å². The van der Waals surface area contributed by atoms with E-state index in [1.165, 1.54) is 51.4 Å². The zero-order chi connectivity index (χ0) is 20.1. The summed E-state index contributed by atoms with van der Waals surface area (Å²) in [5, 5.41) is 28.7. The van der Waals surface area contributed by atoms with E-state index in [0.717, 1.165) is 19.3 Å². The first kappa shape index (κ1) is 24.3. The van der Waals surface area contributed by atoms with Crippen LogP contribution < -0.4 is 5.73 Å². The van der Waals surface area contributed by atoms with Gasteiger partial charge in [0.1, 0.15) is 18.3 Å². The van der Waals surface area contributed by atoms with E-state index in [2.05, 4.69) is 6.92 Å². The summed E-state index contributed by atoms with van der Waals surface area (Å²) in [5.41, 5.74) is 5.75. The first-order chi connectivity index (χ1) is 13.0. The van der Waals surface area contributed by atoms with Crippen LogP contribution in [0.3, 0.4) is 0 Å². The third-order valence-corrected chi connectivity index (χ3v) is 5.16. The highest BCUT2D eigenvalue weighted by Crippen LogP contribution is 2.21. The molecule has 0 aromatic heterocycles. The predicted octanol–water partition coefficient (Wildman–Crippen LogP) is 2.00. The number of aliphatic hydroxyl groups is 3. The van der Waals surface area contributed by atoms with E-state index in [4.69, 9.17) is 20.3 Å². The molecule has 1 saturated heterocycles. The maximum absolute atomic E-state index is 11.9. The molecular formula is C20H39NO6. The Hall–Kier alpha value is -0.730. The Kier molecular flexibility index (Phi) is 12.9. The molecule has 5 N–H and O–H groups in total. The van der Waals surface area contributed by atoms with Gasteiger partial charge in [0, 0.05) is 6.42 Å². The third kappa shape index (κ3) is 9.34. The molecule has 27 heavy (non-hydrogen) atoms. The Morgan fingerprint density at radius 3 is 1.96 bits per heavy atom. The molecule has 1 heterocycles. The number of hydrogen-bond donors (Lipinski definition) is 4. The average molecular weight is 390 g/mol. The molecule has 5 atom stereocenters. The highest BCUT2D eigenvalue weighted by molar-refractivity contribution is 5.69. The van der Waals surface area contributed by atoms with Crippen molar-refractivity contribution >= 4 is 5.97 Å². The van der Waals surface area contributed by atoms with Gasteiger partial charge in [0.25, 0.3) is 0 Å². The highest BCUT2D eigenvalue weighted by Gasteiger charge is 2.44. The van der Waals surface area contributed by atoms with E-state index in [0.29, 0.717) is 0 Å². The lowest BCUT2D eigenvalue weighted by Crippen LogP contribution is -2.62. The molecule has 1 aliphatic heterocycles. The molecule has 0 aliphatic carbocycles. The zero-order valence-corrected chi connectivity index (χ0v) is 16.7. The first-order valence-electron chi connectivity index (χ1n) is 10.6. The van der Waals surface area contributed by atoms with Crippen molar-refractivity contribution in [1.82, 2.24) is 0 Å². The number of rotatable bonds is 14. The van der Waals surface area contributed by atoms with Gasteiger partial charge in [-0.1, -0.05) is 71.1 Å². The summed E-state index contributed by atoms with van der Waals surface area (Å²) in [6, 6.07) is -1.04. The van der Waals surface area contributed by atoms with Gasteiger partial charge >= 0.3 is 5.97 Å². The second-order valence-corrected chi connectivity index (χ2v) is 7.56. The normalized spacial score (nSPS) is 28.3. The lowest BCUT2D eigenvalue weighted by atomic mass is 9.98. The fraction of sp³-hybridized carbons (Fsp3) is 0.950. The Balaban J connectivity index is 2.07. The molecule has 0 aromatic rings. The van der Waals surface area contributed by atoms with Crippen molar-refractivity contribution in [3.05, 3.63) is 0 Å². The third-order valence-electron chi connectivity index (χ3n) is 5.16. The van der Waals surface area contributed by atoms with Gasteiger partial charge < -0.3 is 30.5 Å². The lowest BCUT2D eigenvalue weighted by Gasteiger charge is -2.39. The van der Waals surface area contributed by atoms with Crippen molar-refractivity contribution in [3.63, 3.8) is 0 Å². The standard InChI is InChI=1S/C20H39NO6/c1-2-3-4-5-6-7-8-9-10-11-12-13-16(23)27-20-17(21)19(25)18(24)15(14-22)26-20/h15,17-20,22,24-25H,2-14,21H2,1H3/t15-,17-,18-,19-,20-/m1/s1. The molecule has 7 nitrogen and oxygen atoms in total. The SMILES string of the molecule is CCCCCCCCCCCCCC(=O)O[C@H]1O[C@H](CO)[C@@H](O)[C@H](O)[C@H]1N. The van der Waals surface area contributed by atoms with Crippen LogP contribution in [-0.2, 0) is 14.3 Å². The lowest BCUT2D eigenvalue weighted by molar-refractivity contribution is -0.259. The molecule has 0 aromatic carbocycles. The molecule has 1 fully saturated rings. The summed E-state index contributed by atoms with van der Waals surface area (Å²) >= 11 is 0. The molecule has 0 bridgehead atoms. The van der Waals surface area contributed by atoms with Crippen LogP contribution in [0.1, 0.15) is 84.0 Å². The minimum absolute atomic E-state index is 0.270. The van der Waals surface area contributed by atoms with E-state index in [1.54, 1.807) is 0 Å². The number of nitrogens with two attached hydrogens (primary N) is 1. The smallest absolute Gasteiger partial charge is 0.308 e. The molecule has 0 saturated carbocycles. The van der Waals surface area contributed by atoms with Crippen LogP contribution in [0.5, 0.6) is 0 Å². The minimum atomic E-state index is -1.31. The summed E-state index contributed by atoms with van der Waals surface area (Å²) in [4.78, 5) is 11.9. The molecule has 0 amide bonds. The Morgan fingerprint density at radius 1 is 0.926 bits per heavy atom. The maximum Gasteiger partial charge on any atom is 0.308 e. The van der Waals surface area contributed by atoms with Crippen molar-refractivity contribution in [1.29, 1.82) is 0 Å². The Morgan fingerprint density at radius 2 is 1.44 bits per heavy atom. The van der Waals surface area contributed by atoms with Crippen molar-refractivity contribution in [2.45, 2.75) is 115 Å². The van der Waals surface area contributed by atoms with Crippen molar-refractivity contribution in [2.24, 2.45) is 5.73 Å². The largest absolute Gasteiger partial charge is 0.434 e. The fourth-order valence-corrected chi connectivity index (χ4v) is 3.33. The molecule has 0 radical (unpaired) electrons. The zero-order valence-electron chi connectivity index (χ0n) is 16.7. The van der Waals surface area contributed by atoms with Gasteiger partial charge in [-0.15, -0.1) is 0 Å². The topological polar surface area (TPSA) is 122 Å². The molecule has 7 heteroatoms. The van der Waals surface area contributed by atoms with E-state index < -0.39 is 43.2 Å². The van der Waals surface area contributed by atoms with Gasteiger partial charge in [-0.2, -0.15) is 0 Å². The summed E-state index contributed by atoms with van der Waals surface area (Å²) < 4.78 is 10.5. The fourth-order valence-electron chi connectivity index (χ4n) is 3.33. The van der Waals surface area contributed by atoms with Crippen molar-refractivity contribution < 1.29 is 29.6 Å². The van der Waals surface area contributed by atoms with Crippen LogP contribution in [0, 0.1) is 0 Å². The molecule has 1 aliphatic rings. The summed E-state index contributed by atoms with van der Waals surface area (Å²) in [5.74, 6) is -0.438. The number of ether oxygens (including phenoxy) is 2. The maximum atomic E-state index is 11.9. The van der Waals surface area contributed by atoms with Crippen molar-refractivity contribution in [3.8, 4) is 0 Å². The van der Waals surface area contributed by atoms with Crippen molar-refractivity contribution in [2.75, 3.05) is 6.61 Å². The van der Waals surface area contributed by atoms with Gasteiger partial charge in [0.15, 0.2) is 0 Å². The van der Waals surface area contributed by atoms with E-state index in [9.17, 15) is 15.0 Å². The quantitative estimate of drug-likeness (QED) is 0.265. The number of unbranched alkanes of at least 4 members (excludes halogenated alkanes) is 10. The minimum Gasteiger partial charge on any atom is -0.434 e. The average Bonchev–Trinajstić information content (AvgIpc) is 2.66. The number of carbonyl (C=O) groups is 1. The monoisotopic (exact) mass is 389 g/mol. The molecule has 0 unspecified atom stereocenters. The highest BCUT2D eigenvalue weighted by atomic mass is 16.7. The summed E-state index contributed by atoms with van der Waals surface area (Å²) in [6.07, 6.45) is 8.70. The second-order valence-electron chi connectivity index (χ2n) is 7.56. The second kappa shape index (κ2) is 14.3. The summed E-state index contributed by atoms with van der Waals surface area (Å²) in [6.45, 7) is 1.74. The number of aliphatic hydroxyl groups excluding tert-OH is 3. The molecular weight excluding hydrogens is 350 g/mol. The van der Waals surface area contributed by atoms with E-state index in [1.807, 2.05) is 0 Å². The van der Waals surface area contributed by atoms with Gasteiger partial charge in [-0.3, -0.25) is 4.79 Å². The number of hydrogen-bond acceptors (Lipinski definition) is 7. The number of carbonyl (C=O) groups excluding carboxylic acids is 1. The van der Waals surface area contributed by atoms with Gasteiger partial charge in [-0.05, 0) is 6.42 Å². The predicted molar refractivity (Wildman–Crippen MR) is 103 cm³/mol. The van der Waals surface area contributed by atoms with Crippen LogP contribution >= 0.6 is 0 Å². The first-order valence-corrected chi connectivity index (χ1v) is 10.6. The molecule has 160 valence electrons. The van der Waals surface area contributed by atoms with Crippen LogP contribution in [0.25, 0.3) is 0 Å². The summed E-state index contributed by atoms with van der Waals surface area (Å²) in [7, 11) is 0. The van der Waals surface area contributed by atoms with Gasteiger partial charge in [0.2, 0.25) is 6.29 Å².